The van der Waals surface area contributed by atoms with Crippen LogP contribution in [0.3, 0.4) is 0 Å². The number of hydrogen-bond donors (Lipinski definition) is 1. The molecule has 0 radical (unpaired) electrons. The molecule has 2 aromatic heterocycles. The number of carbonyl (C=O) groups excluding carboxylic acids is 1. The lowest BCUT2D eigenvalue weighted by molar-refractivity contribution is 0.0994. The monoisotopic (exact) mass is 525 g/mol. The summed E-state index contributed by atoms with van der Waals surface area (Å²) in [6.07, 6.45) is 8.51. The van der Waals surface area contributed by atoms with Gasteiger partial charge in [-0.1, -0.05) is 6.92 Å². The highest BCUT2D eigenvalue weighted by molar-refractivity contribution is 7.90. The van der Waals surface area contributed by atoms with E-state index < -0.39 is 16.0 Å². The van der Waals surface area contributed by atoms with E-state index in [1.165, 1.54) is 40.1 Å². The van der Waals surface area contributed by atoms with Crippen molar-refractivity contribution < 1.29 is 17.6 Å². The zero-order valence-corrected chi connectivity index (χ0v) is 21.9. The molecule has 8 nitrogen and oxygen atoms in total. The Labute approximate surface area is 216 Å². The first-order valence-electron chi connectivity index (χ1n) is 12.7. The molecule has 1 aromatic carbocycles. The topological polar surface area (TPSA) is 109 Å². The second kappa shape index (κ2) is 10.1. The van der Waals surface area contributed by atoms with E-state index in [2.05, 4.69) is 16.9 Å². The van der Waals surface area contributed by atoms with Crippen molar-refractivity contribution in [2.75, 3.05) is 24.4 Å². The van der Waals surface area contributed by atoms with Crippen molar-refractivity contribution in [2.45, 2.75) is 51.0 Å². The Balaban J connectivity index is 1.47. The van der Waals surface area contributed by atoms with Crippen molar-refractivity contribution in [3.05, 3.63) is 65.4 Å². The largest absolute Gasteiger partial charge is 0.328 e. The quantitative estimate of drug-likeness (QED) is 0.508. The summed E-state index contributed by atoms with van der Waals surface area (Å²) in [6, 6.07) is 6.26. The highest BCUT2D eigenvalue weighted by Crippen LogP contribution is 2.37. The third-order valence-electron chi connectivity index (χ3n) is 7.59. The summed E-state index contributed by atoms with van der Waals surface area (Å²) < 4.78 is 43.0. The lowest BCUT2D eigenvalue weighted by Gasteiger charge is -2.33. The minimum atomic E-state index is -3.71. The second-order valence-corrected chi connectivity index (χ2v) is 12.3. The maximum atomic E-state index is 14.9. The molecule has 2 aliphatic rings. The number of pyridine rings is 2. The highest BCUT2D eigenvalue weighted by atomic mass is 32.2. The summed E-state index contributed by atoms with van der Waals surface area (Å²) in [5.74, 6) is 0.0159. The molecule has 0 bridgehead atoms. The highest BCUT2D eigenvalue weighted by Gasteiger charge is 2.32. The zero-order valence-electron chi connectivity index (χ0n) is 21.1. The predicted molar refractivity (Wildman–Crippen MR) is 141 cm³/mol. The zero-order chi connectivity index (χ0) is 26.3. The molecule has 10 heteroatoms. The number of fused-ring (bicyclic) bond motifs is 1. The molecular formula is C27H32FN5O3S. The van der Waals surface area contributed by atoms with E-state index in [4.69, 9.17) is 5.73 Å². The summed E-state index contributed by atoms with van der Waals surface area (Å²) in [6.45, 7) is 2.91. The van der Waals surface area contributed by atoms with Gasteiger partial charge in [-0.25, -0.2) is 4.39 Å². The number of rotatable bonds is 5. The number of halogens is 1. The van der Waals surface area contributed by atoms with Crippen LogP contribution >= 0.6 is 0 Å². The summed E-state index contributed by atoms with van der Waals surface area (Å²) >= 11 is 0. The number of aromatic nitrogens is 2. The minimum Gasteiger partial charge on any atom is -0.328 e. The molecule has 1 aliphatic heterocycles. The van der Waals surface area contributed by atoms with Gasteiger partial charge in [-0.2, -0.15) is 12.7 Å². The van der Waals surface area contributed by atoms with Gasteiger partial charge in [-0.05, 0) is 72.9 Å². The molecule has 3 aromatic rings. The lowest BCUT2D eigenvalue weighted by Crippen LogP contribution is -2.48. The fourth-order valence-electron chi connectivity index (χ4n) is 5.80. The van der Waals surface area contributed by atoms with E-state index in [1.54, 1.807) is 12.4 Å². The smallest absolute Gasteiger partial charge is 0.303 e. The van der Waals surface area contributed by atoms with E-state index in [0.717, 1.165) is 30.4 Å². The average Bonchev–Trinajstić information content (AvgIpc) is 2.85. The Morgan fingerprint density at radius 3 is 2.76 bits per heavy atom. The van der Waals surface area contributed by atoms with Crippen LogP contribution in [-0.4, -0.2) is 54.7 Å². The van der Waals surface area contributed by atoms with E-state index in [0.29, 0.717) is 24.4 Å². The molecule has 0 spiro atoms. The number of carbonyl (C=O) groups is 1. The van der Waals surface area contributed by atoms with Crippen LogP contribution in [0.15, 0.2) is 42.9 Å². The van der Waals surface area contributed by atoms with Crippen LogP contribution in [0.1, 0.15) is 60.0 Å². The van der Waals surface area contributed by atoms with Gasteiger partial charge in [0.25, 0.3) is 0 Å². The van der Waals surface area contributed by atoms with Crippen molar-refractivity contribution in [1.82, 2.24) is 14.3 Å². The van der Waals surface area contributed by atoms with Crippen LogP contribution in [0.5, 0.6) is 0 Å². The van der Waals surface area contributed by atoms with Crippen LogP contribution in [0, 0.1) is 11.7 Å². The summed E-state index contributed by atoms with van der Waals surface area (Å²) in [4.78, 5) is 22.2. The lowest BCUT2D eigenvalue weighted by atomic mass is 9.75. The summed E-state index contributed by atoms with van der Waals surface area (Å²) in [7, 11) is -2.19. The van der Waals surface area contributed by atoms with Crippen molar-refractivity contribution in [2.24, 2.45) is 11.7 Å². The van der Waals surface area contributed by atoms with Gasteiger partial charge in [0.2, 0.25) is 0 Å². The van der Waals surface area contributed by atoms with Gasteiger partial charge in [0.1, 0.15) is 5.82 Å². The van der Waals surface area contributed by atoms with Crippen LogP contribution in [0.4, 0.5) is 10.1 Å². The number of benzene rings is 1. The molecule has 2 fully saturated rings. The fourth-order valence-corrected chi connectivity index (χ4v) is 7.22. The van der Waals surface area contributed by atoms with E-state index in [9.17, 15) is 17.6 Å². The standard InChI is InChI=1S/C27H32FN5O3S/c1-17-10-18(12-20(29)11-17)22-6-7-30-15-19(22)13-26(34)23-4-5-25(28)24-14-21(16-31-27(23)24)33-9-3-8-32(2)37(33,35)36/h4-7,14-18,20H,3,8-13,29H2,1-2H3/t17-,18+,20-/m0/s1. The summed E-state index contributed by atoms with van der Waals surface area (Å²) in [5.41, 5.74) is 9.02. The van der Waals surface area contributed by atoms with Gasteiger partial charge in [0, 0.05) is 55.9 Å². The number of ketones is 1. The molecule has 1 aliphatic carbocycles. The molecule has 0 amide bonds. The number of anilines is 1. The number of nitrogens with zero attached hydrogens (tertiary/aromatic N) is 4. The first-order valence-corrected chi connectivity index (χ1v) is 14.1. The predicted octanol–water partition coefficient (Wildman–Crippen LogP) is 3.81. The first kappa shape index (κ1) is 25.7. The van der Waals surface area contributed by atoms with E-state index >= 15 is 0 Å². The van der Waals surface area contributed by atoms with Crippen molar-refractivity contribution in [3.63, 3.8) is 0 Å². The number of Topliss-reactive ketones (excluding diaryl/α,β-unsaturated/α-hetero) is 1. The van der Waals surface area contributed by atoms with Crippen LogP contribution < -0.4 is 10.0 Å². The van der Waals surface area contributed by atoms with Gasteiger partial charge >= 0.3 is 10.2 Å². The van der Waals surface area contributed by atoms with Crippen LogP contribution in [0.25, 0.3) is 10.9 Å². The van der Waals surface area contributed by atoms with Gasteiger partial charge in [-0.3, -0.25) is 19.1 Å². The third-order valence-corrected chi connectivity index (χ3v) is 9.51. The van der Waals surface area contributed by atoms with Crippen LogP contribution in [-0.2, 0) is 16.6 Å². The Kier molecular flexibility index (Phi) is 6.99. The molecule has 1 saturated carbocycles. The SMILES string of the molecule is C[C@@H]1C[C@H](N)C[C@H](c2ccncc2CC(=O)c2ccc(F)c3cc(N4CCCN(C)S4(=O)=O)cnc23)C1. The minimum absolute atomic E-state index is 0.110. The number of hydrogen-bond acceptors (Lipinski definition) is 6. The van der Waals surface area contributed by atoms with Crippen molar-refractivity contribution in [3.8, 4) is 0 Å². The van der Waals surface area contributed by atoms with Gasteiger partial charge in [0.05, 0.1) is 17.4 Å². The Morgan fingerprint density at radius 1 is 1.16 bits per heavy atom. The van der Waals surface area contributed by atoms with Crippen LogP contribution in [0.2, 0.25) is 0 Å². The maximum absolute atomic E-state index is 14.9. The Morgan fingerprint density at radius 2 is 1.97 bits per heavy atom. The van der Waals surface area contributed by atoms with Gasteiger partial charge in [0.15, 0.2) is 5.78 Å². The Hall–Kier alpha value is -2.95. The molecule has 0 unspecified atom stereocenters. The Bertz CT molecular complexity index is 1440. The van der Waals surface area contributed by atoms with Crippen molar-refractivity contribution >= 4 is 32.6 Å². The normalized spacial score (nSPS) is 24.3. The van der Waals surface area contributed by atoms with Gasteiger partial charge < -0.3 is 5.73 Å². The molecular weight excluding hydrogens is 493 g/mol. The molecule has 37 heavy (non-hydrogen) atoms. The number of nitrogens with two attached hydrogens (primary N) is 1. The van der Waals surface area contributed by atoms with E-state index in [-0.39, 0.29) is 47.3 Å². The molecule has 5 rings (SSSR count). The maximum Gasteiger partial charge on any atom is 0.303 e. The molecule has 196 valence electrons. The fraction of sp³-hybridized carbons (Fsp3) is 0.444. The molecule has 3 heterocycles. The molecule has 2 N–H and O–H groups in total. The van der Waals surface area contributed by atoms with E-state index in [1.807, 2.05) is 6.07 Å². The van der Waals surface area contributed by atoms with Gasteiger partial charge in [-0.15, -0.1) is 0 Å². The second-order valence-electron chi connectivity index (χ2n) is 10.4. The third kappa shape index (κ3) is 4.97. The molecule has 1 saturated heterocycles. The van der Waals surface area contributed by atoms with Crippen molar-refractivity contribution in [1.29, 1.82) is 0 Å². The first-order chi connectivity index (χ1) is 17.6. The summed E-state index contributed by atoms with van der Waals surface area (Å²) in [5, 5.41) is 0.116. The molecule has 3 atom stereocenters. The average molecular weight is 526 g/mol.